The summed E-state index contributed by atoms with van der Waals surface area (Å²) in [4.78, 5) is 86.1. The number of carbonyl (C=O) groups is 6. The largest absolute Gasteiger partial charge is 0.496 e. The molecule has 8 aromatic carbocycles. The Bertz CT molecular complexity index is 3660. The number of Topliss-reactive ketones (excluding diaryl/α,β-unsaturated/α-hetero) is 2. The first-order valence-corrected chi connectivity index (χ1v) is 31.9. The number of benzene rings is 8. The summed E-state index contributed by atoms with van der Waals surface area (Å²) >= 11 is 0. The van der Waals surface area contributed by atoms with E-state index >= 15 is 0 Å². The Morgan fingerprint density at radius 3 is 1.18 bits per heavy atom. The molecule has 2 aliphatic rings. The zero-order chi connectivity index (χ0) is 64.9. The lowest BCUT2D eigenvalue weighted by Gasteiger charge is -2.27. The second kappa shape index (κ2) is 32.8. The van der Waals surface area contributed by atoms with E-state index in [1.54, 1.807) is 30.3 Å². The summed E-state index contributed by atoms with van der Waals surface area (Å²) in [5, 5.41) is 6.59. The van der Waals surface area contributed by atoms with Gasteiger partial charge in [-0.15, -0.1) is 0 Å². The number of ketones is 2. The minimum atomic E-state index is -0.910. The van der Waals surface area contributed by atoms with Crippen molar-refractivity contribution in [2.24, 2.45) is 0 Å². The van der Waals surface area contributed by atoms with Crippen LogP contribution in [0, 0.1) is 13.8 Å². The lowest BCUT2D eigenvalue weighted by atomic mass is 9.98. The van der Waals surface area contributed by atoms with E-state index in [1.807, 2.05) is 129 Å². The van der Waals surface area contributed by atoms with Crippen LogP contribution < -0.4 is 34.5 Å². The smallest absolute Gasteiger partial charge is 0.300 e. The molecule has 0 aromatic heterocycles. The fourth-order valence-corrected chi connectivity index (χ4v) is 12.6. The number of ether oxygens (including phenoxy) is 4. The van der Waals surface area contributed by atoms with Crippen molar-refractivity contribution < 1.29 is 47.7 Å². The number of methoxy groups -OCH3 is 4. The molecular weight excluding hydrogens is 1150 g/mol. The maximum Gasteiger partial charge on any atom is 0.300 e. The minimum Gasteiger partial charge on any atom is -0.496 e. The zero-order valence-electron chi connectivity index (χ0n) is 53.7. The van der Waals surface area contributed by atoms with Gasteiger partial charge in [0.25, 0.3) is 23.4 Å². The monoisotopic (exact) mass is 1240 g/mol. The maximum absolute atomic E-state index is 14.1. The number of fused-ring (bicyclic) bond motifs is 2. The summed E-state index contributed by atoms with van der Waals surface area (Å²) in [5.74, 6) is -1.68. The van der Waals surface area contributed by atoms with Gasteiger partial charge in [0.05, 0.1) is 28.4 Å². The van der Waals surface area contributed by atoms with Crippen LogP contribution in [0.1, 0.15) is 128 Å². The van der Waals surface area contributed by atoms with Gasteiger partial charge in [-0.25, -0.2) is 0 Å². The second-order valence-corrected chi connectivity index (χ2v) is 23.7. The standard InChI is InChI=1S/2C39H42N2O5/c1-27-34(45-2)24-31(25-35(27)46-3)37(42)39(44)41-26-30-20-10-11-23-33(30)36(41)38(43)40-32(21-12-18-28-14-6-4-7-15-28)22-13-19-29-16-8-5-9-17-29;1-27-35(45-2)25-31(26-36(27)46-3)37(42)39(44)41-33-23-11-10-20-30(33)24-34(41)38(43)40-32(21-12-18-28-14-6-4-7-15-28)22-13-19-29-16-8-5-9-17-29/h4-11,14-17,20,23-25,32,36H,12-13,18-19,21-22,26H2,1-3H3,(H,40,43);4-11,14-17,20,23,25-26,32,34H,12-13,18-19,21-22,24H2,1-3H3,(H,40,43)/t36-;34-/m00/s1. The Labute approximate surface area is 541 Å². The predicted molar refractivity (Wildman–Crippen MR) is 360 cm³/mol. The third kappa shape index (κ3) is 17.0. The van der Waals surface area contributed by atoms with Crippen LogP contribution in [0.3, 0.4) is 0 Å². The third-order valence-corrected chi connectivity index (χ3v) is 17.6. The Kier molecular flexibility index (Phi) is 23.7. The highest BCUT2D eigenvalue weighted by Crippen LogP contribution is 2.38. The summed E-state index contributed by atoms with van der Waals surface area (Å²) in [6.45, 7) is 3.81. The van der Waals surface area contributed by atoms with Crippen LogP contribution in [0.25, 0.3) is 0 Å². The Morgan fingerprint density at radius 2 is 0.783 bits per heavy atom. The summed E-state index contributed by atoms with van der Waals surface area (Å²) in [6, 6.07) is 60.6. The predicted octanol–water partition coefficient (Wildman–Crippen LogP) is 13.5. The van der Waals surface area contributed by atoms with Crippen molar-refractivity contribution in [1.82, 2.24) is 15.5 Å². The molecular formula is C78H84N4O10. The molecule has 476 valence electrons. The molecule has 14 nitrogen and oxygen atoms in total. The molecule has 0 fully saturated rings. The highest BCUT2D eigenvalue weighted by molar-refractivity contribution is 6.48. The summed E-state index contributed by atoms with van der Waals surface area (Å²) < 4.78 is 21.8. The van der Waals surface area contributed by atoms with Crippen molar-refractivity contribution in [3.63, 3.8) is 0 Å². The van der Waals surface area contributed by atoms with E-state index in [9.17, 15) is 28.8 Å². The molecule has 2 N–H and O–H groups in total. The fourth-order valence-electron chi connectivity index (χ4n) is 12.6. The number of anilines is 1. The van der Waals surface area contributed by atoms with Crippen molar-refractivity contribution in [1.29, 1.82) is 0 Å². The number of para-hydroxylation sites is 1. The Morgan fingerprint density at radius 1 is 0.435 bits per heavy atom. The summed E-state index contributed by atoms with van der Waals surface area (Å²) in [7, 11) is 6.02. The van der Waals surface area contributed by atoms with Crippen LogP contribution in [0.15, 0.2) is 194 Å². The van der Waals surface area contributed by atoms with Gasteiger partial charge in [-0.3, -0.25) is 33.7 Å². The molecule has 0 aliphatic carbocycles. The SMILES string of the molecule is COc1cc(C(=O)C(=O)N2Cc3ccccc3[C@H]2C(=O)NC(CCCc2ccccc2)CCCc2ccccc2)cc(OC)c1C.COc1cc(C(=O)C(=O)N2c3ccccc3C[C@H]2C(=O)NC(CCCc2ccccc2)CCCc2ccccc2)cc(OC)c1C. The van der Waals surface area contributed by atoms with E-state index in [0.717, 1.165) is 105 Å². The average Bonchev–Trinajstić information content (AvgIpc) is 1.63. The highest BCUT2D eigenvalue weighted by atomic mass is 16.5. The summed E-state index contributed by atoms with van der Waals surface area (Å²) in [6.07, 6.45) is 10.9. The van der Waals surface area contributed by atoms with E-state index in [1.165, 1.54) is 60.5 Å². The summed E-state index contributed by atoms with van der Waals surface area (Å²) in [5.41, 5.74) is 9.85. The molecule has 0 bridgehead atoms. The zero-order valence-corrected chi connectivity index (χ0v) is 53.7. The number of nitrogens with one attached hydrogen (secondary N) is 2. The molecule has 2 aliphatic heterocycles. The molecule has 0 spiro atoms. The Balaban J connectivity index is 0.000000217. The third-order valence-electron chi connectivity index (χ3n) is 17.6. The van der Waals surface area contributed by atoms with Crippen molar-refractivity contribution >= 4 is 40.9 Å². The van der Waals surface area contributed by atoms with Crippen LogP contribution >= 0.6 is 0 Å². The molecule has 0 saturated heterocycles. The number of rotatable bonds is 28. The van der Waals surface area contributed by atoms with Gasteiger partial charge < -0.3 is 34.5 Å². The average molecular weight is 1240 g/mol. The fraction of sp³-hybridized carbons (Fsp3) is 0.308. The minimum absolute atomic E-state index is 0.0677. The van der Waals surface area contributed by atoms with Crippen molar-refractivity contribution in [3.05, 3.63) is 255 Å². The molecule has 8 aromatic rings. The molecule has 14 heteroatoms. The highest BCUT2D eigenvalue weighted by Gasteiger charge is 2.43. The van der Waals surface area contributed by atoms with Gasteiger partial charge in [0.1, 0.15) is 35.1 Å². The van der Waals surface area contributed by atoms with Crippen molar-refractivity contribution in [2.75, 3.05) is 33.3 Å². The number of hydrogen-bond acceptors (Lipinski definition) is 10. The van der Waals surface area contributed by atoms with Crippen LogP contribution in [0.5, 0.6) is 23.0 Å². The van der Waals surface area contributed by atoms with Crippen LogP contribution in [-0.2, 0) is 57.8 Å². The first-order chi connectivity index (χ1) is 44.8. The van der Waals surface area contributed by atoms with E-state index in [-0.39, 0.29) is 41.6 Å². The van der Waals surface area contributed by atoms with Crippen molar-refractivity contribution in [3.8, 4) is 23.0 Å². The van der Waals surface area contributed by atoms with Gasteiger partial charge in [0.15, 0.2) is 0 Å². The molecule has 0 unspecified atom stereocenters. The quantitative estimate of drug-likeness (QED) is 0.0355. The molecule has 0 radical (unpaired) electrons. The molecule has 4 amide bonds. The van der Waals surface area contributed by atoms with E-state index in [4.69, 9.17) is 18.9 Å². The van der Waals surface area contributed by atoms with Gasteiger partial charge in [-0.2, -0.15) is 0 Å². The van der Waals surface area contributed by atoms with Crippen LogP contribution in [-0.4, -0.2) is 86.7 Å². The number of aryl methyl sites for hydroxylation is 4. The number of nitrogens with zero attached hydrogens (tertiary/aromatic N) is 2. The van der Waals surface area contributed by atoms with Gasteiger partial charge in [0.2, 0.25) is 11.8 Å². The molecule has 10 rings (SSSR count). The lowest BCUT2D eigenvalue weighted by molar-refractivity contribution is -0.137. The molecule has 92 heavy (non-hydrogen) atoms. The van der Waals surface area contributed by atoms with Gasteiger partial charge in [-0.1, -0.05) is 164 Å². The first-order valence-electron chi connectivity index (χ1n) is 31.9. The lowest BCUT2D eigenvalue weighted by Crippen LogP contribution is -2.52. The molecule has 2 heterocycles. The first kappa shape index (κ1) is 66.6. The number of hydrogen-bond donors (Lipinski definition) is 2. The van der Waals surface area contributed by atoms with Gasteiger partial charge in [0, 0.05) is 53.0 Å². The topological polar surface area (TPSA) is 170 Å². The van der Waals surface area contributed by atoms with Crippen molar-refractivity contribution in [2.45, 2.75) is 128 Å². The number of amides is 4. The second-order valence-electron chi connectivity index (χ2n) is 23.7. The van der Waals surface area contributed by atoms with Crippen LogP contribution in [0.2, 0.25) is 0 Å². The van der Waals surface area contributed by atoms with Gasteiger partial charge >= 0.3 is 0 Å². The Hall–Kier alpha value is -9.82. The van der Waals surface area contributed by atoms with E-state index in [0.29, 0.717) is 35.1 Å². The number of carbonyl (C=O) groups excluding carboxylic acids is 6. The molecule has 2 atom stereocenters. The van der Waals surface area contributed by atoms with E-state index < -0.39 is 35.5 Å². The maximum atomic E-state index is 14.1. The van der Waals surface area contributed by atoms with Crippen LogP contribution in [0.4, 0.5) is 5.69 Å². The molecule has 0 saturated carbocycles. The van der Waals surface area contributed by atoms with E-state index in [2.05, 4.69) is 59.2 Å². The normalized spacial score (nSPS) is 13.7. The van der Waals surface area contributed by atoms with Gasteiger partial charge in [-0.05, 0) is 160 Å².